The van der Waals surface area contributed by atoms with Crippen LogP contribution in [0, 0.1) is 11.3 Å². The Balaban J connectivity index is 1.77. The maximum Gasteiger partial charge on any atom is 0.249 e. The van der Waals surface area contributed by atoms with Crippen LogP contribution in [-0.4, -0.2) is 20.1 Å². The molecule has 0 radical (unpaired) electrons. The molecule has 0 fully saturated rings. The summed E-state index contributed by atoms with van der Waals surface area (Å²) >= 11 is 1.52. The first-order chi connectivity index (χ1) is 12.7. The number of hydrogen-bond donors (Lipinski definition) is 1. The van der Waals surface area contributed by atoms with Crippen molar-refractivity contribution in [3.63, 3.8) is 0 Å². The van der Waals surface area contributed by atoms with Crippen LogP contribution in [-0.2, 0) is 17.6 Å². The van der Waals surface area contributed by atoms with E-state index in [1.54, 1.807) is 32.4 Å². The Morgan fingerprint density at radius 2 is 2.08 bits per heavy atom. The van der Waals surface area contributed by atoms with Crippen molar-refractivity contribution in [2.24, 2.45) is 0 Å². The molecule has 0 saturated carbocycles. The van der Waals surface area contributed by atoms with Crippen molar-refractivity contribution >= 4 is 28.3 Å². The Bertz CT molecular complexity index is 893. The fourth-order valence-corrected chi connectivity index (χ4v) is 4.29. The van der Waals surface area contributed by atoms with E-state index in [9.17, 15) is 10.1 Å². The Morgan fingerprint density at radius 1 is 1.27 bits per heavy atom. The molecule has 0 spiro atoms. The van der Waals surface area contributed by atoms with Gasteiger partial charge >= 0.3 is 0 Å². The zero-order valence-corrected chi connectivity index (χ0v) is 15.6. The first-order valence-corrected chi connectivity index (χ1v) is 9.23. The van der Waals surface area contributed by atoms with E-state index in [0.717, 1.165) is 36.8 Å². The molecule has 1 aliphatic carbocycles. The van der Waals surface area contributed by atoms with Crippen LogP contribution in [0.25, 0.3) is 6.08 Å². The summed E-state index contributed by atoms with van der Waals surface area (Å²) in [6, 6.07) is 7.65. The molecule has 1 aromatic heterocycles. The first-order valence-electron chi connectivity index (χ1n) is 8.42. The Morgan fingerprint density at radius 3 is 2.81 bits per heavy atom. The van der Waals surface area contributed by atoms with Crippen LogP contribution in [0.3, 0.4) is 0 Å². The molecule has 1 N–H and O–H groups in total. The van der Waals surface area contributed by atoms with Crippen LogP contribution in [0.4, 0.5) is 5.00 Å². The molecule has 2 aromatic rings. The number of nitrogens with one attached hydrogen (secondary N) is 1. The number of fused-ring (bicyclic) bond motifs is 1. The zero-order chi connectivity index (χ0) is 18.5. The number of ether oxygens (including phenoxy) is 2. The van der Waals surface area contributed by atoms with Gasteiger partial charge in [0.05, 0.1) is 19.8 Å². The molecule has 6 heteroatoms. The second-order valence-corrected chi connectivity index (χ2v) is 7.06. The average molecular weight is 368 g/mol. The normalized spacial score (nSPS) is 13.1. The largest absolute Gasteiger partial charge is 0.497 e. The summed E-state index contributed by atoms with van der Waals surface area (Å²) < 4.78 is 10.5. The minimum Gasteiger partial charge on any atom is -0.497 e. The van der Waals surface area contributed by atoms with Gasteiger partial charge in [-0.1, -0.05) is 0 Å². The van der Waals surface area contributed by atoms with Crippen molar-refractivity contribution < 1.29 is 14.3 Å². The quantitative estimate of drug-likeness (QED) is 0.804. The number of aryl methyl sites for hydroxylation is 1. The fourth-order valence-electron chi connectivity index (χ4n) is 3.05. The summed E-state index contributed by atoms with van der Waals surface area (Å²) in [6.07, 6.45) is 7.29. The Hall–Kier alpha value is -2.78. The molecular formula is C20H20N2O3S. The number of rotatable bonds is 5. The fraction of sp³-hybridized carbons (Fsp3) is 0.300. The molecule has 0 atom stereocenters. The summed E-state index contributed by atoms with van der Waals surface area (Å²) in [7, 11) is 3.16. The highest BCUT2D eigenvalue weighted by Gasteiger charge is 2.21. The number of anilines is 1. The lowest BCUT2D eigenvalue weighted by Crippen LogP contribution is -2.08. The van der Waals surface area contributed by atoms with Crippen molar-refractivity contribution in [3.05, 3.63) is 45.8 Å². The van der Waals surface area contributed by atoms with Crippen LogP contribution in [0.15, 0.2) is 24.3 Å². The number of carbonyl (C=O) groups excluding carboxylic acids is 1. The lowest BCUT2D eigenvalue weighted by molar-refractivity contribution is -0.111. The van der Waals surface area contributed by atoms with E-state index in [2.05, 4.69) is 11.4 Å². The third-order valence-corrected chi connectivity index (χ3v) is 5.58. The van der Waals surface area contributed by atoms with Crippen molar-refractivity contribution in [3.8, 4) is 17.6 Å². The smallest absolute Gasteiger partial charge is 0.249 e. The molecule has 0 unspecified atom stereocenters. The van der Waals surface area contributed by atoms with Gasteiger partial charge in [0, 0.05) is 22.6 Å². The van der Waals surface area contributed by atoms with E-state index in [0.29, 0.717) is 22.1 Å². The second kappa shape index (κ2) is 8.07. The number of amides is 1. The standard InChI is InChI=1S/C20H20N2O3S/c1-24-14-9-7-13(17(11-14)25-2)8-10-19(23)22-20-16(12-21)15-5-3-4-6-18(15)26-20/h7-11H,3-6H2,1-2H3,(H,22,23)/b10-8+. The molecule has 1 aliphatic rings. The molecule has 0 bridgehead atoms. The van der Waals surface area contributed by atoms with Gasteiger partial charge in [-0.3, -0.25) is 4.79 Å². The SMILES string of the molecule is COc1ccc(/C=C/C(=O)Nc2sc3c(c2C#N)CCCC3)c(OC)c1. The van der Waals surface area contributed by atoms with Crippen molar-refractivity contribution in [1.29, 1.82) is 5.26 Å². The van der Waals surface area contributed by atoms with Gasteiger partial charge in [0.25, 0.3) is 0 Å². The molecule has 1 amide bonds. The van der Waals surface area contributed by atoms with Gasteiger partial charge in [-0.05, 0) is 49.5 Å². The molecule has 5 nitrogen and oxygen atoms in total. The van der Waals surface area contributed by atoms with E-state index in [-0.39, 0.29) is 5.91 Å². The van der Waals surface area contributed by atoms with Gasteiger partial charge < -0.3 is 14.8 Å². The Kier molecular flexibility index (Phi) is 5.59. The summed E-state index contributed by atoms with van der Waals surface area (Å²) in [5, 5.41) is 13.0. The zero-order valence-electron chi connectivity index (χ0n) is 14.8. The van der Waals surface area contributed by atoms with Gasteiger partial charge in [-0.2, -0.15) is 5.26 Å². The van der Waals surface area contributed by atoms with Crippen molar-refractivity contribution in [2.45, 2.75) is 25.7 Å². The van der Waals surface area contributed by atoms with Gasteiger partial charge in [-0.25, -0.2) is 0 Å². The first kappa shape index (κ1) is 18.0. The third-order valence-electron chi connectivity index (χ3n) is 4.37. The summed E-state index contributed by atoms with van der Waals surface area (Å²) in [5.41, 5.74) is 2.50. The topological polar surface area (TPSA) is 71.3 Å². The number of methoxy groups -OCH3 is 2. The number of thiophene rings is 1. The number of nitriles is 1. The highest BCUT2D eigenvalue weighted by molar-refractivity contribution is 7.16. The van der Waals surface area contributed by atoms with Crippen LogP contribution >= 0.6 is 11.3 Å². The van der Waals surface area contributed by atoms with Gasteiger partial charge in [0.15, 0.2) is 0 Å². The maximum atomic E-state index is 12.3. The monoisotopic (exact) mass is 368 g/mol. The van der Waals surface area contributed by atoms with Crippen molar-refractivity contribution in [2.75, 3.05) is 19.5 Å². The van der Waals surface area contributed by atoms with Crippen LogP contribution in [0.2, 0.25) is 0 Å². The lowest BCUT2D eigenvalue weighted by Gasteiger charge is -2.09. The van der Waals surface area contributed by atoms with E-state index >= 15 is 0 Å². The minimum absolute atomic E-state index is 0.266. The second-order valence-electron chi connectivity index (χ2n) is 5.96. The van der Waals surface area contributed by atoms with Crippen LogP contribution < -0.4 is 14.8 Å². The van der Waals surface area contributed by atoms with Crippen LogP contribution in [0.5, 0.6) is 11.5 Å². The average Bonchev–Trinajstić information content (AvgIpc) is 3.02. The highest BCUT2D eigenvalue weighted by Crippen LogP contribution is 2.37. The number of hydrogen-bond acceptors (Lipinski definition) is 5. The Labute approximate surface area is 156 Å². The van der Waals surface area contributed by atoms with Gasteiger partial charge in [0.1, 0.15) is 22.6 Å². The van der Waals surface area contributed by atoms with E-state index in [1.165, 1.54) is 22.3 Å². The van der Waals surface area contributed by atoms with Gasteiger partial charge in [-0.15, -0.1) is 11.3 Å². The summed E-state index contributed by atoms with van der Waals surface area (Å²) in [5.74, 6) is 1.04. The predicted molar refractivity (Wildman–Crippen MR) is 103 cm³/mol. The minimum atomic E-state index is -0.266. The highest BCUT2D eigenvalue weighted by atomic mass is 32.1. The molecule has 0 saturated heterocycles. The maximum absolute atomic E-state index is 12.3. The summed E-state index contributed by atoms with van der Waals surface area (Å²) in [4.78, 5) is 13.5. The number of carbonyl (C=O) groups is 1. The molecule has 134 valence electrons. The molecule has 1 aromatic carbocycles. The van der Waals surface area contributed by atoms with E-state index in [4.69, 9.17) is 9.47 Å². The molecule has 26 heavy (non-hydrogen) atoms. The predicted octanol–water partition coefficient (Wildman–Crippen LogP) is 4.17. The molecule has 1 heterocycles. The lowest BCUT2D eigenvalue weighted by atomic mass is 9.96. The summed E-state index contributed by atoms with van der Waals surface area (Å²) in [6.45, 7) is 0. The number of benzene rings is 1. The molecule has 0 aliphatic heterocycles. The number of nitrogens with zero attached hydrogens (tertiary/aromatic N) is 1. The molecular weight excluding hydrogens is 348 g/mol. The van der Waals surface area contributed by atoms with E-state index < -0.39 is 0 Å². The third kappa shape index (κ3) is 3.73. The van der Waals surface area contributed by atoms with Gasteiger partial charge in [0.2, 0.25) is 5.91 Å². The molecule has 3 rings (SSSR count). The van der Waals surface area contributed by atoms with Crippen LogP contribution in [0.1, 0.15) is 34.4 Å². The van der Waals surface area contributed by atoms with Crippen molar-refractivity contribution in [1.82, 2.24) is 0 Å². The van der Waals surface area contributed by atoms with E-state index in [1.807, 2.05) is 6.07 Å².